The molecule has 3 aromatic heterocycles. The smallest absolute Gasteiger partial charge is 0.226 e. The highest BCUT2D eigenvalue weighted by Gasteiger charge is 2.19. The Balaban J connectivity index is 1.48. The number of aromatic amines is 1. The lowest BCUT2D eigenvalue weighted by atomic mass is 10.0. The number of allylic oxidation sites excluding steroid dienone is 2. The number of hydrogen-bond donors (Lipinski definition) is 3. The van der Waals surface area contributed by atoms with Gasteiger partial charge in [-0.05, 0) is 30.7 Å². The van der Waals surface area contributed by atoms with Crippen molar-refractivity contribution in [2.45, 2.75) is 19.5 Å². The normalized spacial score (nSPS) is 16.0. The first-order chi connectivity index (χ1) is 14.6. The zero-order valence-electron chi connectivity index (χ0n) is 16.8. The Kier molecular flexibility index (Phi) is 5.89. The second-order valence-corrected chi connectivity index (χ2v) is 6.89. The fraction of sp³-hybridized carbons (Fsp3) is 0.286. The maximum absolute atomic E-state index is 14.8. The quantitative estimate of drug-likeness (QED) is 0.388. The van der Waals surface area contributed by atoms with Crippen LogP contribution in [0.25, 0.3) is 11.0 Å². The van der Waals surface area contributed by atoms with Gasteiger partial charge in [0.25, 0.3) is 0 Å². The molecule has 0 aliphatic carbocycles. The number of nitrogens with zero attached hydrogens (tertiary/aromatic N) is 3. The number of aryl methyl sites for hydroxylation is 1. The second-order valence-electron chi connectivity index (χ2n) is 6.89. The number of fused-ring (bicyclic) bond motifs is 1. The molecule has 30 heavy (non-hydrogen) atoms. The first-order valence-corrected chi connectivity index (χ1v) is 9.59. The van der Waals surface area contributed by atoms with Gasteiger partial charge < -0.3 is 25.1 Å². The Morgan fingerprint density at radius 2 is 2.10 bits per heavy atom. The SMILES string of the molecule is COCCOc1ncnc2[nH]cc(CC3=C(F)NC(Nc4ccc(C)nc4)C=C3)c12. The molecule has 0 saturated heterocycles. The molecule has 1 unspecified atom stereocenters. The van der Waals surface area contributed by atoms with Crippen molar-refractivity contribution in [3.8, 4) is 5.88 Å². The zero-order valence-corrected chi connectivity index (χ0v) is 16.8. The number of nitrogens with one attached hydrogen (secondary N) is 3. The number of ether oxygens (including phenoxy) is 2. The number of halogens is 1. The summed E-state index contributed by atoms with van der Waals surface area (Å²) in [5, 5.41) is 6.78. The molecule has 9 heteroatoms. The minimum atomic E-state index is -0.386. The molecule has 0 bridgehead atoms. The minimum absolute atomic E-state index is 0.363. The van der Waals surface area contributed by atoms with Crippen molar-refractivity contribution in [2.75, 3.05) is 25.6 Å². The van der Waals surface area contributed by atoms with Crippen LogP contribution >= 0.6 is 0 Å². The summed E-state index contributed by atoms with van der Waals surface area (Å²) in [4.78, 5) is 15.8. The van der Waals surface area contributed by atoms with Crippen LogP contribution in [-0.2, 0) is 11.2 Å². The van der Waals surface area contributed by atoms with Gasteiger partial charge in [-0.25, -0.2) is 9.97 Å². The molecule has 0 spiro atoms. The molecule has 1 aliphatic heterocycles. The third-order valence-corrected chi connectivity index (χ3v) is 4.71. The highest BCUT2D eigenvalue weighted by molar-refractivity contribution is 5.85. The zero-order chi connectivity index (χ0) is 20.9. The van der Waals surface area contributed by atoms with Crippen LogP contribution in [0.15, 0.2) is 54.5 Å². The second kappa shape index (κ2) is 8.91. The Morgan fingerprint density at radius 1 is 1.20 bits per heavy atom. The van der Waals surface area contributed by atoms with Gasteiger partial charge in [-0.1, -0.05) is 6.08 Å². The van der Waals surface area contributed by atoms with E-state index >= 15 is 0 Å². The van der Waals surface area contributed by atoms with E-state index in [-0.39, 0.29) is 12.1 Å². The molecular formula is C21H23FN6O2. The van der Waals surface area contributed by atoms with Crippen LogP contribution in [0.1, 0.15) is 11.3 Å². The van der Waals surface area contributed by atoms with E-state index in [1.165, 1.54) is 6.33 Å². The monoisotopic (exact) mass is 410 g/mol. The number of hydrogen-bond acceptors (Lipinski definition) is 7. The predicted molar refractivity (Wildman–Crippen MR) is 112 cm³/mol. The summed E-state index contributed by atoms with van der Waals surface area (Å²) >= 11 is 0. The topological polar surface area (TPSA) is 97.0 Å². The van der Waals surface area contributed by atoms with Gasteiger partial charge >= 0.3 is 0 Å². The molecule has 1 atom stereocenters. The summed E-state index contributed by atoms with van der Waals surface area (Å²) in [7, 11) is 1.61. The summed E-state index contributed by atoms with van der Waals surface area (Å²) in [5.74, 6) is 0.0663. The van der Waals surface area contributed by atoms with Crippen molar-refractivity contribution in [3.05, 3.63) is 65.8 Å². The lowest BCUT2D eigenvalue weighted by Crippen LogP contribution is -2.35. The number of methoxy groups -OCH3 is 1. The number of aromatic nitrogens is 4. The maximum atomic E-state index is 14.8. The lowest BCUT2D eigenvalue weighted by molar-refractivity contribution is 0.144. The van der Waals surface area contributed by atoms with Crippen LogP contribution in [-0.4, -0.2) is 46.4 Å². The fourth-order valence-corrected chi connectivity index (χ4v) is 3.19. The largest absolute Gasteiger partial charge is 0.475 e. The average Bonchev–Trinajstić information content (AvgIpc) is 3.16. The predicted octanol–water partition coefficient (Wildman–Crippen LogP) is 3.01. The molecule has 0 radical (unpaired) electrons. The van der Waals surface area contributed by atoms with Crippen molar-refractivity contribution in [3.63, 3.8) is 0 Å². The van der Waals surface area contributed by atoms with Crippen LogP contribution in [0.2, 0.25) is 0 Å². The number of anilines is 1. The summed E-state index contributed by atoms with van der Waals surface area (Å²) in [6.07, 6.45) is 8.61. The van der Waals surface area contributed by atoms with Crippen molar-refractivity contribution < 1.29 is 13.9 Å². The number of dihydropyridines is 1. The third-order valence-electron chi connectivity index (χ3n) is 4.71. The standard InChI is InChI=1S/C21H23FN6O2/c1-13-3-5-16(11-23-13)27-17-6-4-14(19(22)28-17)9-15-10-24-20-18(15)21(26-12-25-20)30-8-7-29-2/h3-6,10-12,17,27-28H,7-9H2,1-2H3,(H,24,25,26). The fourth-order valence-electron chi connectivity index (χ4n) is 3.19. The molecular weight excluding hydrogens is 387 g/mol. The van der Waals surface area contributed by atoms with Crippen LogP contribution in [0.5, 0.6) is 5.88 Å². The first-order valence-electron chi connectivity index (χ1n) is 9.59. The minimum Gasteiger partial charge on any atom is -0.475 e. The van der Waals surface area contributed by atoms with E-state index in [1.54, 1.807) is 25.6 Å². The molecule has 3 aromatic rings. The molecule has 0 fully saturated rings. The number of pyridine rings is 1. The maximum Gasteiger partial charge on any atom is 0.226 e. The van der Waals surface area contributed by atoms with Crippen molar-refractivity contribution in [1.82, 2.24) is 25.3 Å². The van der Waals surface area contributed by atoms with Crippen LogP contribution in [0.3, 0.4) is 0 Å². The van der Waals surface area contributed by atoms with Gasteiger partial charge in [0.1, 0.15) is 24.7 Å². The summed E-state index contributed by atoms with van der Waals surface area (Å²) < 4.78 is 25.5. The Morgan fingerprint density at radius 3 is 2.87 bits per heavy atom. The van der Waals surface area contributed by atoms with Gasteiger partial charge in [0.2, 0.25) is 5.88 Å². The first kappa shape index (κ1) is 19.8. The van der Waals surface area contributed by atoms with E-state index in [9.17, 15) is 4.39 Å². The molecule has 3 N–H and O–H groups in total. The van der Waals surface area contributed by atoms with Gasteiger partial charge in [0.05, 0.1) is 23.9 Å². The molecule has 0 amide bonds. The van der Waals surface area contributed by atoms with Crippen molar-refractivity contribution >= 4 is 16.7 Å². The van der Waals surface area contributed by atoms with E-state index in [2.05, 4.69) is 30.6 Å². The van der Waals surface area contributed by atoms with E-state index in [1.807, 2.05) is 25.1 Å². The van der Waals surface area contributed by atoms with Crippen LogP contribution in [0.4, 0.5) is 10.1 Å². The Labute approximate surface area is 173 Å². The number of H-pyrrole nitrogens is 1. The molecule has 1 aliphatic rings. The van der Waals surface area contributed by atoms with E-state index in [4.69, 9.17) is 9.47 Å². The highest BCUT2D eigenvalue weighted by Crippen LogP contribution is 2.28. The summed E-state index contributed by atoms with van der Waals surface area (Å²) in [6.45, 7) is 2.73. The summed E-state index contributed by atoms with van der Waals surface area (Å²) in [5.41, 5.74) is 3.76. The average molecular weight is 410 g/mol. The van der Waals surface area contributed by atoms with E-state index < -0.39 is 0 Å². The molecule has 156 valence electrons. The van der Waals surface area contributed by atoms with Crippen molar-refractivity contribution in [1.29, 1.82) is 0 Å². The number of rotatable bonds is 8. The lowest BCUT2D eigenvalue weighted by Gasteiger charge is -2.22. The Bertz CT molecular complexity index is 1080. The van der Waals surface area contributed by atoms with Gasteiger partial charge in [-0.3, -0.25) is 4.98 Å². The van der Waals surface area contributed by atoms with Gasteiger partial charge in [0, 0.05) is 31.0 Å². The van der Waals surface area contributed by atoms with Gasteiger partial charge in [-0.2, -0.15) is 4.39 Å². The van der Waals surface area contributed by atoms with Crippen LogP contribution in [0, 0.1) is 6.92 Å². The molecule has 0 aromatic carbocycles. The van der Waals surface area contributed by atoms with Gasteiger partial charge in [-0.15, -0.1) is 0 Å². The molecule has 4 heterocycles. The summed E-state index contributed by atoms with van der Waals surface area (Å²) in [6, 6.07) is 3.81. The van der Waals surface area contributed by atoms with E-state index in [0.717, 1.165) is 22.3 Å². The molecule has 0 saturated carbocycles. The highest BCUT2D eigenvalue weighted by atomic mass is 19.1. The third kappa shape index (κ3) is 4.41. The molecule has 8 nitrogen and oxygen atoms in total. The molecule has 4 rings (SSSR count). The Hall–Kier alpha value is -3.46. The van der Waals surface area contributed by atoms with Gasteiger partial charge in [0.15, 0.2) is 5.95 Å². The van der Waals surface area contributed by atoms with Crippen LogP contribution < -0.4 is 15.4 Å². The van der Waals surface area contributed by atoms with Crippen molar-refractivity contribution in [2.24, 2.45) is 0 Å². The van der Waals surface area contributed by atoms with E-state index in [0.29, 0.717) is 36.7 Å².